The summed E-state index contributed by atoms with van der Waals surface area (Å²) in [6.45, 7) is 0. The first-order valence-corrected chi connectivity index (χ1v) is 46.5. The summed E-state index contributed by atoms with van der Waals surface area (Å²) in [6, 6.07) is 111. The third-order valence-electron chi connectivity index (χ3n) is 18.2. The second kappa shape index (κ2) is 37.3. The summed E-state index contributed by atoms with van der Waals surface area (Å²) >= 11 is 0. The first-order chi connectivity index (χ1) is 58.1. The van der Waals surface area contributed by atoms with Crippen LogP contribution in [0.3, 0.4) is 0 Å². The van der Waals surface area contributed by atoms with E-state index in [9.17, 15) is 101 Å². The highest BCUT2D eigenvalue weighted by Crippen LogP contribution is 2.53. The Morgan fingerprint density at radius 3 is 0.748 bits per heavy atom. The van der Waals surface area contributed by atoms with Gasteiger partial charge in [-0.15, -0.1) is 3.63 Å². The lowest BCUT2D eigenvalue weighted by Crippen LogP contribution is -2.34. The number of fused-ring (bicyclic) bond motifs is 5. The van der Waals surface area contributed by atoms with Gasteiger partial charge in [-0.1, -0.05) is 346 Å². The van der Waals surface area contributed by atoms with Crippen LogP contribution in [0.1, 0.15) is 0 Å². The van der Waals surface area contributed by atoms with Gasteiger partial charge in [0.2, 0.25) is 0 Å². The first-order valence-electron chi connectivity index (χ1n) is 35.7. The van der Waals surface area contributed by atoms with Gasteiger partial charge in [0.1, 0.15) is 11.5 Å². The van der Waals surface area contributed by atoms with Gasteiger partial charge in [-0.05, 0) is 57.6 Å². The molecule has 0 atom stereocenters. The van der Waals surface area contributed by atoms with E-state index in [2.05, 4.69) is 44.8 Å². The Hall–Kier alpha value is -12.1. The van der Waals surface area contributed by atoms with Gasteiger partial charge in [0, 0.05) is 70.0 Å². The van der Waals surface area contributed by atoms with Crippen molar-refractivity contribution in [3.8, 4) is 78.6 Å². The molecule has 0 aromatic heterocycles. The van der Waals surface area contributed by atoms with Crippen LogP contribution in [0.25, 0.3) is 55.6 Å². The molecule has 16 nitrogen and oxygen atoms in total. The van der Waals surface area contributed by atoms with Crippen molar-refractivity contribution in [2.45, 2.75) is 22.0 Å². The summed E-state index contributed by atoms with van der Waals surface area (Å²) in [6.07, 6.45) is 0. The summed E-state index contributed by atoms with van der Waals surface area (Å²) in [7, 11) is -35.4. The lowest BCUT2D eigenvalue weighted by molar-refractivity contribution is -0.0586. The minimum absolute atomic E-state index is 0.175. The highest BCUT2D eigenvalue weighted by atomic mass is 32.3. The molecule has 0 amide bonds. The molecule has 0 bridgehead atoms. The van der Waals surface area contributed by atoms with E-state index in [4.69, 9.17) is 0 Å². The lowest BCUT2D eigenvalue weighted by atomic mass is 9.95. The number of hydrogen-bond acceptors (Lipinski definition) is 16. The quantitative estimate of drug-likeness (QED) is 0.0394. The van der Waals surface area contributed by atoms with Crippen molar-refractivity contribution < 1.29 is 122 Å². The second-order valence-electron chi connectivity index (χ2n) is 26.0. The van der Waals surface area contributed by atoms with Crippen LogP contribution in [0.5, 0.6) is 23.0 Å². The molecule has 123 heavy (non-hydrogen) atoms. The molecule has 14 aromatic carbocycles. The number of halogens is 12. The van der Waals surface area contributed by atoms with Crippen LogP contribution in [-0.2, 0) is 57.8 Å². The molecule has 0 spiro atoms. The molecule has 634 valence electrons. The van der Waals surface area contributed by atoms with E-state index >= 15 is 9.13 Å². The fourth-order valence-electron chi connectivity index (χ4n) is 12.8. The first kappa shape index (κ1) is 91.6. The maximum Gasteiger partial charge on any atom is 0.534 e. The number of rotatable bonds is 16. The van der Waals surface area contributed by atoms with E-state index in [0.717, 1.165) is 118 Å². The molecule has 0 aliphatic carbocycles. The van der Waals surface area contributed by atoms with Crippen LogP contribution in [0.4, 0.5) is 52.7 Å². The highest BCUT2D eigenvalue weighted by molar-refractivity contribution is 8.00. The van der Waals surface area contributed by atoms with Gasteiger partial charge in [0.05, 0.1) is 0 Å². The highest BCUT2D eigenvalue weighted by Gasteiger charge is 2.58. The summed E-state index contributed by atoms with van der Waals surface area (Å²) in [5, 5.41) is 26.4. The molecule has 0 fully saturated rings. The van der Waals surface area contributed by atoms with Crippen molar-refractivity contribution >= 4 is 110 Å². The number of phenols is 2. The van der Waals surface area contributed by atoms with Gasteiger partial charge in [0.25, 0.3) is 0 Å². The summed E-state index contributed by atoms with van der Waals surface area (Å²) in [4.78, 5) is 0. The van der Waals surface area contributed by atoms with Crippen molar-refractivity contribution in [2.75, 3.05) is 0 Å². The second-order valence-corrected chi connectivity index (χ2v) is 40.5. The molecule has 35 heteroatoms. The average Bonchev–Trinajstić information content (AvgIpc) is 1.48. The monoisotopic (exact) mass is 1820 g/mol. The molecule has 0 saturated heterocycles. The Kier molecular flexibility index (Phi) is 27.8. The third-order valence-corrected chi connectivity index (χ3v) is 32.1. The fourth-order valence-corrected chi connectivity index (χ4v) is 24.1. The van der Waals surface area contributed by atoms with E-state index in [-0.39, 0.29) is 11.5 Å². The average molecular weight is 1830 g/mol. The minimum Gasteiger partial charge on any atom is -0.507 e. The van der Waals surface area contributed by atoms with Crippen LogP contribution in [0.15, 0.2) is 370 Å². The van der Waals surface area contributed by atoms with E-state index in [0.29, 0.717) is 11.1 Å². The van der Waals surface area contributed by atoms with Crippen molar-refractivity contribution in [2.24, 2.45) is 0 Å². The van der Waals surface area contributed by atoms with E-state index < -0.39 is 107 Å². The normalized spacial score (nSPS) is 12.7. The molecule has 2 N–H and O–H groups in total. The van der Waals surface area contributed by atoms with Crippen molar-refractivity contribution in [1.29, 1.82) is 0 Å². The van der Waals surface area contributed by atoms with Crippen molar-refractivity contribution in [3.63, 3.8) is 0 Å². The van der Waals surface area contributed by atoms with E-state index in [1.165, 1.54) is 12.1 Å². The van der Waals surface area contributed by atoms with Gasteiger partial charge < -0.3 is 32.3 Å². The minimum atomic E-state index is -6.85. The zero-order valence-electron chi connectivity index (χ0n) is 62.8. The summed E-state index contributed by atoms with van der Waals surface area (Å²) < 4.78 is 284. The van der Waals surface area contributed by atoms with Crippen LogP contribution in [-0.4, -0.2) is 65.9 Å². The standard InChI is InChI=1S/C36H28O2P2.C24H17OP.C14H8F6O6S2.C12H10O2.C2F6O5S2/c37-39(29-17-5-1-6-18-29,30-19-7-2-8-20-30)35-27-15-13-25-33(35)34-26-14-16-28-36(34)40(38,31-21-9-3-10-22-31)32-23-11-4-12-24-32;25-26(18-10-2-1-3-11-18)23-16-8-6-14-21(23)19-12-4-5-13-20(19)22-15-7-9-17-24(22)26;15-13(16,17)27(21,22)25-11-7-3-1-5-9(11)10-6-2-4-8-12(10)26-28(23,24)14(18,19)20;13-11-7-3-1-5-9(11)10-6-2-4-8-12(10)14;3-1(4,5)14(9,10)13-15(11,12)2(6,7)8/h1-28H;1-17H;1-8H;1-8,13-14H;. The molecule has 0 unspecified atom stereocenters. The largest absolute Gasteiger partial charge is 0.534 e. The number of para-hydroxylation sites is 4. The fraction of sp³-hybridized carbons (Fsp3) is 0.0455. The predicted molar refractivity (Wildman–Crippen MR) is 450 cm³/mol. The number of aromatic hydroxyl groups is 2. The SMILES string of the molecule is O=P(c1ccccc1)(c1ccccc1)c1ccccc1-c1ccccc1P(=O)(c1ccccc1)c1ccccc1.O=P1(c2ccccc2)c2ccccc2-c2ccccc2-c2ccccc21.O=S(=O)(OS(=O)(=O)C(F)(F)F)C(F)(F)F.O=S(=O)(Oc1ccccc1-c1ccccc1OS(=O)(=O)C(F)(F)F)C(F)(F)F.Oc1ccccc1-c1ccccc1O. The van der Waals surface area contributed by atoms with Crippen molar-refractivity contribution in [3.05, 3.63) is 370 Å². The number of benzene rings is 14. The third kappa shape index (κ3) is 20.0. The van der Waals surface area contributed by atoms with Gasteiger partial charge in [0.15, 0.2) is 32.9 Å². The number of hydrogen-bond donors (Lipinski definition) is 2. The Bertz CT molecular complexity index is 6290. The Labute approximate surface area is 698 Å². The molecule has 14 aromatic rings. The summed E-state index contributed by atoms with van der Waals surface area (Å²) in [5.41, 5.74) is -17.6. The number of alkyl halides is 12. The predicted octanol–water partition coefficient (Wildman–Crippen LogP) is 18.9. The smallest absolute Gasteiger partial charge is 0.507 e. The summed E-state index contributed by atoms with van der Waals surface area (Å²) in [5.74, 6) is -1.46. The molecule has 0 radical (unpaired) electrons. The molecule has 1 heterocycles. The maximum absolute atomic E-state index is 15.4. The maximum atomic E-state index is 15.4. The van der Waals surface area contributed by atoms with E-state index in [1.807, 2.05) is 252 Å². The number of phenolic OH excluding ortho intramolecular Hbond substituents is 2. The lowest BCUT2D eigenvalue weighted by Gasteiger charge is -2.26. The van der Waals surface area contributed by atoms with Gasteiger partial charge >= 0.3 is 62.5 Å². The zero-order chi connectivity index (χ0) is 89.0. The van der Waals surface area contributed by atoms with Gasteiger partial charge in [-0.25, -0.2) is 0 Å². The van der Waals surface area contributed by atoms with Crippen LogP contribution in [0.2, 0.25) is 0 Å². The van der Waals surface area contributed by atoms with Crippen molar-refractivity contribution in [1.82, 2.24) is 0 Å². The topological polar surface area (TPSA) is 256 Å². The molecular formula is C88H63F12O16P3S4. The zero-order valence-corrected chi connectivity index (χ0v) is 68.8. The van der Waals surface area contributed by atoms with Gasteiger partial charge in [-0.3, -0.25) is 0 Å². The van der Waals surface area contributed by atoms with Crippen LogP contribution >= 0.6 is 21.4 Å². The molecule has 1 aliphatic rings. The van der Waals surface area contributed by atoms with Crippen LogP contribution < -0.4 is 56.1 Å². The molecule has 0 saturated carbocycles. The Balaban J connectivity index is 0.000000158. The van der Waals surface area contributed by atoms with Gasteiger partial charge in [-0.2, -0.15) is 86.4 Å². The van der Waals surface area contributed by atoms with E-state index in [1.54, 1.807) is 36.4 Å². The molecular weight excluding hydrogens is 1760 g/mol. The molecule has 15 rings (SSSR count). The Morgan fingerprint density at radius 2 is 0.463 bits per heavy atom. The Morgan fingerprint density at radius 1 is 0.244 bits per heavy atom. The molecule has 1 aliphatic heterocycles. The van der Waals surface area contributed by atoms with Crippen LogP contribution in [0, 0.1) is 0 Å².